The highest BCUT2D eigenvalue weighted by Crippen LogP contribution is 2.37. The summed E-state index contributed by atoms with van der Waals surface area (Å²) < 4.78 is 5.86. The third-order valence-corrected chi connectivity index (χ3v) is 4.93. The average molecular weight is 276 g/mol. The van der Waals surface area contributed by atoms with Gasteiger partial charge in [-0.2, -0.15) is 0 Å². The number of hydrogen-bond donors (Lipinski definition) is 1. The summed E-state index contributed by atoms with van der Waals surface area (Å²) in [4.78, 5) is 20.2. The van der Waals surface area contributed by atoms with E-state index in [9.17, 15) is 4.79 Å². The number of aromatic nitrogens is 2. The van der Waals surface area contributed by atoms with Crippen LogP contribution < -0.4 is 5.56 Å². The second kappa shape index (κ2) is 5.68. The molecule has 1 aromatic heterocycles. The molecule has 0 amide bonds. The number of H-pyrrole nitrogens is 1. The van der Waals surface area contributed by atoms with Gasteiger partial charge >= 0.3 is 0 Å². The summed E-state index contributed by atoms with van der Waals surface area (Å²) >= 11 is 0. The fourth-order valence-electron chi connectivity index (χ4n) is 3.66. The van der Waals surface area contributed by atoms with Crippen LogP contribution in [0.5, 0.6) is 0 Å². The number of aryl methyl sites for hydroxylation is 1. The number of nitrogens with one attached hydrogen (secondary N) is 1. The van der Waals surface area contributed by atoms with E-state index < -0.39 is 0 Å². The van der Waals surface area contributed by atoms with Crippen LogP contribution in [0.15, 0.2) is 4.79 Å². The van der Waals surface area contributed by atoms with E-state index in [4.69, 9.17) is 9.72 Å². The molecule has 4 heteroatoms. The van der Waals surface area contributed by atoms with Crippen LogP contribution in [-0.4, -0.2) is 17.1 Å². The topological polar surface area (TPSA) is 55.0 Å². The Morgan fingerprint density at radius 1 is 1.05 bits per heavy atom. The summed E-state index contributed by atoms with van der Waals surface area (Å²) in [7, 11) is 1.75. The molecule has 0 radical (unpaired) electrons. The average Bonchev–Trinajstić information content (AvgIpc) is 2.73. The molecular weight excluding hydrogens is 252 g/mol. The Morgan fingerprint density at radius 3 is 2.45 bits per heavy atom. The molecule has 110 valence electrons. The quantitative estimate of drug-likeness (QED) is 0.845. The third-order valence-electron chi connectivity index (χ3n) is 4.93. The highest BCUT2D eigenvalue weighted by atomic mass is 16.5. The number of fused-ring (bicyclic) bond motifs is 1. The molecular formula is C16H24N2O2. The Bertz CT molecular complexity index is 528. The van der Waals surface area contributed by atoms with Crippen molar-refractivity contribution in [3.63, 3.8) is 0 Å². The van der Waals surface area contributed by atoms with Crippen LogP contribution >= 0.6 is 0 Å². The molecule has 0 saturated heterocycles. The Labute approximate surface area is 120 Å². The second-order valence-corrected chi connectivity index (χ2v) is 6.16. The van der Waals surface area contributed by atoms with E-state index in [1.54, 1.807) is 7.11 Å². The summed E-state index contributed by atoms with van der Waals surface area (Å²) in [5.74, 6) is 0.771. The zero-order valence-corrected chi connectivity index (χ0v) is 12.3. The molecule has 0 spiro atoms. The monoisotopic (exact) mass is 276 g/mol. The molecule has 3 rings (SSSR count). The third kappa shape index (κ3) is 2.41. The van der Waals surface area contributed by atoms with E-state index in [2.05, 4.69) is 4.98 Å². The van der Waals surface area contributed by atoms with Gasteiger partial charge in [0.1, 0.15) is 11.4 Å². The van der Waals surface area contributed by atoms with Crippen molar-refractivity contribution in [1.82, 2.24) is 9.97 Å². The molecule has 0 aromatic carbocycles. The molecule has 1 saturated carbocycles. The molecule has 2 aliphatic rings. The minimum Gasteiger partial charge on any atom is -0.370 e. The maximum absolute atomic E-state index is 12.3. The van der Waals surface area contributed by atoms with Gasteiger partial charge in [-0.3, -0.25) is 4.79 Å². The highest BCUT2D eigenvalue weighted by Gasteiger charge is 2.36. The largest absolute Gasteiger partial charge is 0.370 e. The first-order valence-corrected chi connectivity index (χ1v) is 7.93. The Morgan fingerprint density at radius 2 is 1.75 bits per heavy atom. The standard InChI is InChI=1S/C16H24N2O2/c1-20-16(10-6-2-3-7-11-16)15-17-13-9-5-4-8-12(13)14(19)18-15/h2-11H2,1H3,(H,17,18,19). The van der Waals surface area contributed by atoms with Gasteiger partial charge in [-0.05, 0) is 38.5 Å². The van der Waals surface area contributed by atoms with Gasteiger partial charge in [0.2, 0.25) is 0 Å². The molecule has 0 unspecified atom stereocenters. The van der Waals surface area contributed by atoms with Crippen molar-refractivity contribution in [3.8, 4) is 0 Å². The van der Waals surface area contributed by atoms with Crippen molar-refractivity contribution >= 4 is 0 Å². The molecule has 1 N–H and O–H groups in total. The fraction of sp³-hybridized carbons (Fsp3) is 0.750. The lowest BCUT2D eigenvalue weighted by Gasteiger charge is -2.31. The van der Waals surface area contributed by atoms with Crippen LogP contribution in [0.3, 0.4) is 0 Å². The zero-order valence-electron chi connectivity index (χ0n) is 12.3. The molecule has 0 bridgehead atoms. The van der Waals surface area contributed by atoms with Gasteiger partial charge < -0.3 is 9.72 Å². The smallest absolute Gasteiger partial charge is 0.254 e. The van der Waals surface area contributed by atoms with Gasteiger partial charge in [-0.1, -0.05) is 25.7 Å². The molecule has 1 heterocycles. The Kier molecular flexibility index (Phi) is 3.92. The lowest BCUT2D eigenvalue weighted by atomic mass is 9.91. The SMILES string of the molecule is COC1(c2nc3c(c(=O)[nH]2)CCCC3)CCCCCC1. The summed E-state index contributed by atoms with van der Waals surface area (Å²) in [6.07, 6.45) is 10.8. The minimum atomic E-state index is -0.373. The van der Waals surface area contributed by atoms with Crippen molar-refractivity contribution in [2.24, 2.45) is 0 Å². The maximum Gasteiger partial charge on any atom is 0.254 e. The minimum absolute atomic E-state index is 0.0605. The van der Waals surface area contributed by atoms with Crippen molar-refractivity contribution < 1.29 is 4.74 Å². The summed E-state index contributed by atoms with van der Waals surface area (Å²) in [6.45, 7) is 0. The normalized spacial score (nSPS) is 22.1. The van der Waals surface area contributed by atoms with Crippen LogP contribution in [0.4, 0.5) is 0 Å². The second-order valence-electron chi connectivity index (χ2n) is 6.16. The number of hydrogen-bond acceptors (Lipinski definition) is 3. The molecule has 2 aliphatic carbocycles. The molecule has 0 aliphatic heterocycles. The van der Waals surface area contributed by atoms with E-state index in [0.29, 0.717) is 0 Å². The van der Waals surface area contributed by atoms with Crippen LogP contribution in [0.2, 0.25) is 0 Å². The van der Waals surface area contributed by atoms with Crippen molar-refractivity contribution in [1.29, 1.82) is 0 Å². The van der Waals surface area contributed by atoms with Crippen LogP contribution in [0.1, 0.15) is 68.4 Å². The van der Waals surface area contributed by atoms with Gasteiger partial charge in [-0.25, -0.2) is 4.98 Å². The first kappa shape index (κ1) is 13.8. The summed E-state index contributed by atoms with van der Waals surface area (Å²) in [6, 6.07) is 0. The first-order valence-electron chi connectivity index (χ1n) is 7.93. The number of aromatic amines is 1. The lowest BCUT2D eigenvalue weighted by Crippen LogP contribution is -2.35. The lowest BCUT2D eigenvalue weighted by molar-refractivity contribution is -0.0355. The van der Waals surface area contributed by atoms with E-state index in [-0.39, 0.29) is 11.2 Å². The summed E-state index contributed by atoms with van der Waals surface area (Å²) in [5, 5.41) is 0. The van der Waals surface area contributed by atoms with E-state index in [1.807, 2.05) is 0 Å². The van der Waals surface area contributed by atoms with Gasteiger partial charge in [0.15, 0.2) is 0 Å². The molecule has 1 fully saturated rings. The Balaban J connectivity index is 2.03. The van der Waals surface area contributed by atoms with Gasteiger partial charge in [0.05, 0.1) is 5.69 Å². The predicted molar refractivity (Wildman–Crippen MR) is 77.9 cm³/mol. The molecule has 1 aromatic rings. The van der Waals surface area contributed by atoms with E-state index >= 15 is 0 Å². The van der Waals surface area contributed by atoms with Crippen LogP contribution in [-0.2, 0) is 23.2 Å². The predicted octanol–water partition coefficient (Wildman–Crippen LogP) is 2.84. The van der Waals surface area contributed by atoms with Gasteiger partial charge in [0, 0.05) is 12.7 Å². The maximum atomic E-state index is 12.3. The number of methoxy groups -OCH3 is 1. The van der Waals surface area contributed by atoms with E-state index in [1.165, 1.54) is 12.8 Å². The van der Waals surface area contributed by atoms with Crippen molar-refractivity contribution in [3.05, 3.63) is 27.4 Å². The number of rotatable bonds is 2. The molecule has 20 heavy (non-hydrogen) atoms. The van der Waals surface area contributed by atoms with Gasteiger partial charge in [-0.15, -0.1) is 0 Å². The van der Waals surface area contributed by atoms with Crippen LogP contribution in [0, 0.1) is 0 Å². The number of nitrogens with zero attached hydrogens (tertiary/aromatic N) is 1. The van der Waals surface area contributed by atoms with Crippen molar-refractivity contribution in [2.45, 2.75) is 69.8 Å². The first-order chi connectivity index (χ1) is 9.75. The number of ether oxygens (including phenoxy) is 1. The molecule has 4 nitrogen and oxygen atoms in total. The highest BCUT2D eigenvalue weighted by molar-refractivity contribution is 5.22. The fourth-order valence-corrected chi connectivity index (χ4v) is 3.66. The van der Waals surface area contributed by atoms with Crippen LogP contribution in [0.25, 0.3) is 0 Å². The Hall–Kier alpha value is -1.16. The van der Waals surface area contributed by atoms with Gasteiger partial charge in [0.25, 0.3) is 5.56 Å². The molecule has 0 atom stereocenters. The van der Waals surface area contributed by atoms with E-state index in [0.717, 1.165) is 68.4 Å². The zero-order chi connectivity index (χ0) is 14.0. The summed E-state index contributed by atoms with van der Waals surface area (Å²) in [5.41, 5.74) is 1.60. The van der Waals surface area contributed by atoms with Crippen molar-refractivity contribution in [2.75, 3.05) is 7.11 Å².